The van der Waals surface area contributed by atoms with Gasteiger partial charge in [0.15, 0.2) is 11.7 Å². The minimum Gasteiger partial charge on any atom is -0.441 e. The predicted molar refractivity (Wildman–Crippen MR) is 103 cm³/mol. The van der Waals surface area contributed by atoms with Crippen molar-refractivity contribution in [1.29, 1.82) is 0 Å². The van der Waals surface area contributed by atoms with Crippen LogP contribution in [-0.4, -0.2) is 42.5 Å². The van der Waals surface area contributed by atoms with Gasteiger partial charge in [-0.15, -0.1) is 24.8 Å². The van der Waals surface area contributed by atoms with Crippen LogP contribution in [-0.2, 0) is 11.2 Å². The Kier molecular flexibility index (Phi) is 9.15. The maximum absolute atomic E-state index is 13.8. The van der Waals surface area contributed by atoms with Gasteiger partial charge in [-0.3, -0.25) is 4.79 Å². The van der Waals surface area contributed by atoms with Crippen molar-refractivity contribution < 1.29 is 18.0 Å². The van der Waals surface area contributed by atoms with E-state index in [9.17, 15) is 13.6 Å². The number of likely N-dealkylation sites (tertiary alicyclic amines) is 1. The summed E-state index contributed by atoms with van der Waals surface area (Å²) >= 11 is 0. The summed E-state index contributed by atoms with van der Waals surface area (Å²) in [6.45, 7) is 2.47. The van der Waals surface area contributed by atoms with Crippen LogP contribution in [0.4, 0.5) is 8.78 Å². The molecule has 3 rings (SSSR count). The number of carbonyl (C=O) groups is 1. The molecule has 5 nitrogen and oxygen atoms in total. The molecule has 150 valence electrons. The van der Waals surface area contributed by atoms with E-state index in [0.29, 0.717) is 24.7 Å². The van der Waals surface area contributed by atoms with Crippen molar-refractivity contribution in [3.8, 4) is 11.3 Å². The molecule has 1 aromatic carbocycles. The van der Waals surface area contributed by atoms with Crippen molar-refractivity contribution in [1.82, 2.24) is 15.2 Å². The molecule has 1 aliphatic heterocycles. The molecule has 1 amide bonds. The van der Waals surface area contributed by atoms with Crippen LogP contribution in [0.25, 0.3) is 11.3 Å². The van der Waals surface area contributed by atoms with Gasteiger partial charge in [-0.1, -0.05) is 0 Å². The minimum atomic E-state index is -0.702. The summed E-state index contributed by atoms with van der Waals surface area (Å²) in [6.07, 6.45) is 3.07. The SMILES string of the molecule is CNCC1CCN(C(=O)CCc2ncc(-c3ccc(F)cc3F)o2)C1.Cl.Cl. The number of halogens is 4. The fourth-order valence-electron chi connectivity index (χ4n) is 3.13. The molecule has 1 aliphatic rings. The number of nitrogens with one attached hydrogen (secondary N) is 1. The van der Waals surface area contributed by atoms with Crippen LogP contribution in [0.2, 0.25) is 0 Å². The Morgan fingerprint density at radius 3 is 2.85 bits per heavy atom. The van der Waals surface area contributed by atoms with Gasteiger partial charge in [0, 0.05) is 32.0 Å². The summed E-state index contributed by atoms with van der Waals surface area (Å²) < 4.78 is 32.2. The van der Waals surface area contributed by atoms with Gasteiger partial charge in [0.05, 0.1) is 11.8 Å². The summed E-state index contributed by atoms with van der Waals surface area (Å²) in [4.78, 5) is 18.2. The molecule has 2 aromatic rings. The monoisotopic (exact) mass is 421 g/mol. The second-order valence-corrected chi connectivity index (χ2v) is 6.29. The number of rotatable bonds is 6. The topological polar surface area (TPSA) is 58.4 Å². The van der Waals surface area contributed by atoms with E-state index in [1.165, 1.54) is 18.3 Å². The Morgan fingerprint density at radius 1 is 1.37 bits per heavy atom. The largest absolute Gasteiger partial charge is 0.441 e. The number of amides is 1. The number of nitrogens with zero attached hydrogens (tertiary/aromatic N) is 2. The molecular formula is C18H23Cl2F2N3O2. The van der Waals surface area contributed by atoms with Crippen molar-refractivity contribution in [2.24, 2.45) is 5.92 Å². The minimum absolute atomic E-state index is 0. The lowest BCUT2D eigenvalue weighted by molar-refractivity contribution is -0.130. The van der Waals surface area contributed by atoms with Crippen LogP contribution in [0.15, 0.2) is 28.8 Å². The van der Waals surface area contributed by atoms with Crippen molar-refractivity contribution >= 4 is 30.7 Å². The highest BCUT2D eigenvalue weighted by Crippen LogP contribution is 2.25. The predicted octanol–water partition coefficient (Wildman–Crippen LogP) is 3.46. The third-order valence-electron chi connectivity index (χ3n) is 4.43. The lowest BCUT2D eigenvalue weighted by atomic mass is 10.1. The second-order valence-electron chi connectivity index (χ2n) is 6.29. The highest BCUT2D eigenvalue weighted by molar-refractivity contribution is 5.85. The Balaban J connectivity index is 0.00000182. The zero-order valence-corrected chi connectivity index (χ0v) is 16.5. The quantitative estimate of drug-likeness (QED) is 0.775. The summed E-state index contributed by atoms with van der Waals surface area (Å²) in [5.74, 6) is -0.163. The van der Waals surface area contributed by atoms with Gasteiger partial charge < -0.3 is 14.6 Å². The van der Waals surface area contributed by atoms with E-state index in [1.54, 1.807) is 0 Å². The Morgan fingerprint density at radius 2 is 2.15 bits per heavy atom. The van der Waals surface area contributed by atoms with E-state index in [4.69, 9.17) is 4.42 Å². The molecule has 1 atom stereocenters. The van der Waals surface area contributed by atoms with Gasteiger partial charge >= 0.3 is 0 Å². The zero-order chi connectivity index (χ0) is 17.8. The normalized spacial score (nSPS) is 16.0. The summed E-state index contributed by atoms with van der Waals surface area (Å²) in [5, 5.41) is 3.14. The van der Waals surface area contributed by atoms with Crippen LogP contribution < -0.4 is 5.32 Å². The Hall–Kier alpha value is -1.70. The number of aromatic nitrogens is 1. The molecule has 0 aliphatic carbocycles. The molecule has 0 spiro atoms. The number of hydrogen-bond donors (Lipinski definition) is 1. The van der Waals surface area contributed by atoms with E-state index in [-0.39, 0.29) is 42.0 Å². The van der Waals surface area contributed by atoms with Gasteiger partial charge in [-0.25, -0.2) is 13.8 Å². The molecule has 0 radical (unpaired) electrons. The third-order valence-corrected chi connectivity index (χ3v) is 4.43. The van der Waals surface area contributed by atoms with Crippen molar-refractivity contribution in [3.05, 3.63) is 41.9 Å². The van der Waals surface area contributed by atoms with Gasteiger partial charge in [0.2, 0.25) is 5.91 Å². The van der Waals surface area contributed by atoms with E-state index in [2.05, 4.69) is 10.3 Å². The highest BCUT2D eigenvalue weighted by Gasteiger charge is 2.25. The molecule has 1 N–H and O–H groups in total. The van der Waals surface area contributed by atoms with Crippen molar-refractivity contribution in [2.45, 2.75) is 19.3 Å². The highest BCUT2D eigenvalue weighted by atomic mass is 35.5. The van der Waals surface area contributed by atoms with Crippen LogP contribution in [0, 0.1) is 17.6 Å². The van der Waals surface area contributed by atoms with Crippen molar-refractivity contribution in [2.75, 3.05) is 26.7 Å². The third kappa shape index (κ3) is 5.89. The first-order valence-electron chi connectivity index (χ1n) is 8.39. The molecular weight excluding hydrogens is 399 g/mol. The fraction of sp³-hybridized carbons (Fsp3) is 0.444. The van der Waals surface area contributed by atoms with Crippen LogP contribution in [0.5, 0.6) is 0 Å². The van der Waals surface area contributed by atoms with Crippen molar-refractivity contribution in [3.63, 3.8) is 0 Å². The Bertz CT molecular complexity index is 758. The maximum atomic E-state index is 13.8. The summed E-state index contributed by atoms with van der Waals surface area (Å²) in [7, 11) is 1.91. The number of carbonyl (C=O) groups excluding carboxylic acids is 1. The molecule has 0 saturated carbocycles. The second kappa shape index (κ2) is 10.6. The van der Waals surface area contributed by atoms with E-state index in [1.807, 2.05) is 11.9 Å². The molecule has 2 heterocycles. The number of hydrogen-bond acceptors (Lipinski definition) is 4. The molecule has 1 aromatic heterocycles. The molecule has 27 heavy (non-hydrogen) atoms. The van der Waals surface area contributed by atoms with E-state index >= 15 is 0 Å². The summed E-state index contributed by atoms with van der Waals surface area (Å²) in [5.41, 5.74) is 0.154. The van der Waals surface area contributed by atoms with Crippen LogP contribution in [0.1, 0.15) is 18.7 Å². The standard InChI is InChI=1S/C18H21F2N3O2.2ClH/c1-21-9-12-6-7-23(11-12)18(24)5-4-17-22-10-16(25-17)14-3-2-13(19)8-15(14)20;;/h2-3,8,10,12,21H,4-7,9,11H2,1H3;2*1H. The molecule has 1 saturated heterocycles. The first kappa shape index (κ1) is 23.3. The lowest BCUT2D eigenvalue weighted by Crippen LogP contribution is -2.30. The number of aryl methyl sites for hydroxylation is 1. The van der Waals surface area contributed by atoms with E-state index in [0.717, 1.165) is 32.1 Å². The van der Waals surface area contributed by atoms with Crippen LogP contribution >= 0.6 is 24.8 Å². The Labute approximate surface area is 169 Å². The lowest BCUT2D eigenvalue weighted by Gasteiger charge is -2.16. The van der Waals surface area contributed by atoms with Crippen LogP contribution in [0.3, 0.4) is 0 Å². The first-order chi connectivity index (χ1) is 12.1. The van der Waals surface area contributed by atoms with Gasteiger partial charge in [0.1, 0.15) is 11.6 Å². The smallest absolute Gasteiger partial charge is 0.223 e. The first-order valence-corrected chi connectivity index (χ1v) is 8.39. The van der Waals surface area contributed by atoms with Gasteiger partial charge in [0.25, 0.3) is 0 Å². The zero-order valence-electron chi connectivity index (χ0n) is 14.9. The fourth-order valence-corrected chi connectivity index (χ4v) is 3.13. The summed E-state index contributed by atoms with van der Waals surface area (Å²) in [6, 6.07) is 3.28. The average Bonchev–Trinajstić information content (AvgIpc) is 3.22. The van der Waals surface area contributed by atoms with E-state index < -0.39 is 11.6 Å². The molecule has 0 bridgehead atoms. The average molecular weight is 422 g/mol. The molecule has 1 unspecified atom stereocenters. The van der Waals surface area contributed by atoms with Gasteiger partial charge in [-0.2, -0.15) is 0 Å². The van der Waals surface area contributed by atoms with Gasteiger partial charge in [-0.05, 0) is 38.1 Å². The number of oxazole rings is 1. The molecule has 1 fully saturated rings. The molecule has 9 heteroatoms. The maximum Gasteiger partial charge on any atom is 0.223 e. The number of benzene rings is 1.